The molecule has 0 unspecified atom stereocenters. The monoisotopic (exact) mass is 431 g/mol. The number of benzene rings is 2. The van der Waals surface area contributed by atoms with Crippen molar-refractivity contribution in [1.82, 2.24) is 20.1 Å². The summed E-state index contributed by atoms with van der Waals surface area (Å²) >= 11 is 0. The normalized spacial score (nSPS) is 11.4. The molecule has 0 bridgehead atoms. The number of aryl methyl sites for hydroxylation is 4. The number of nitrogens with one attached hydrogen (secondary N) is 2. The fraction of sp³-hybridized carbons (Fsp3) is 0.208. The molecule has 0 aliphatic carbocycles. The molecule has 0 saturated carbocycles. The smallest absolute Gasteiger partial charge is 0.144 e. The highest BCUT2D eigenvalue weighted by atomic mass is 19.1. The maximum atomic E-state index is 14.0. The van der Waals surface area contributed by atoms with Gasteiger partial charge >= 0.3 is 0 Å². The van der Waals surface area contributed by atoms with E-state index in [1.54, 1.807) is 7.11 Å². The van der Waals surface area contributed by atoms with Crippen LogP contribution in [0.15, 0.2) is 34.9 Å². The van der Waals surface area contributed by atoms with Crippen LogP contribution in [-0.4, -0.2) is 27.2 Å². The molecule has 7 nitrogen and oxygen atoms in total. The fourth-order valence-corrected chi connectivity index (χ4v) is 4.20. The van der Waals surface area contributed by atoms with Crippen LogP contribution in [0.1, 0.15) is 22.8 Å². The van der Waals surface area contributed by atoms with Crippen LogP contribution in [0.5, 0.6) is 5.75 Å². The van der Waals surface area contributed by atoms with Gasteiger partial charge < -0.3 is 19.6 Å². The van der Waals surface area contributed by atoms with Crippen LogP contribution in [0, 0.1) is 33.5 Å². The van der Waals surface area contributed by atoms with Gasteiger partial charge in [0.15, 0.2) is 0 Å². The highest BCUT2D eigenvalue weighted by Gasteiger charge is 2.20. The van der Waals surface area contributed by atoms with Gasteiger partial charge in [0.05, 0.1) is 23.8 Å². The van der Waals surface area contributed by atoms with Gasteiger partial charge in [-0.2, -0.15) is 0 Å². The third-order valence-corrected chi connectivity index (χ3v) is 5.49. The van der Waals surface area contributed by atoms with Crippen molar-refractivity contribution in [2.45, 2.75) is 27.7 Å². The Kier molecular flexibility index (Phi) is 4.58. The summed E-state index contributed by atoms with van der Waals surface area (Å²) < 4.78 is 25.0. The summed E-state index contributed by atoms with van der Waals surface area (Å²) in [7, 11) is 1.63. The van der Waals surface area contributed by atoms with Crippen LogP contribution in [0.2, 0.25) is 0 Å². The zero-order valence-corrected chi connectivity index (χ0v) is 18.4. The van der Waals surface area contributed by atoms with Crippen molar-refractivity contribution in [2.75, 3.05) is 12.4 Å². The molecule has 3 aromatic heterocycles. The van der Waals surface area contributed by atoms with Crippen molar-refractivity contribution in [3.8, 4) is 16.9 Å². The third-order valence-electron chi connectivity index (χ3n) is 5.49. The number of nitrogens with zero attached hydrogens (tertiary/aromatic N) is 3. The van der Waals surface area contributed by atoms with E-state index in [1.165, 1.54) is 12.1 Å². The average Bonchev–Trinajstić information content (AvgIpc) is 3.24. The molecule has 0 spiro atoms. The fourth-order valence-electron chi connectivity index (χ4n) is 4.20. The SMILES string of the molecule is COc1cc2c(cc1-c1c(C)noc1C)[nH]c1nc(C)nc(Nc3cc(C)cc(F)c3)c12. The lowest BCUT2D eigenvalue weighted by atomic mass is 10.0. The molecule has 0 radical (unpaired) electrons. The first-order chi connectivity index (χ1) is 15.3. The number of halogens is 1. The second-order valence-corrected chi connectivity index (χ2v) is 7.91. The molecule has 3 heterocycles. The molecule has 0 saturated heterocycles. The highest BCUT2D eigenvalue weighted by Crippen LogP contribution is 2.41. The van der Waals surface area contributed by atoms with E-state index in [2.05, 4.69) is 25.4 Å². The zero-order chi connectivity index (χ0) is 22.6. The molecular weight excluding hydrogens is 409 g/mol. The Morgan fingerprint density at radius 2 is 1.84 bits per heavy atom. The van der Waals surface area contributed by atoms with Gasteiger partial charge in [0.1, 0.15) is 34.6 Å². The van der Waals surface area contributed by atoms with E-state index >= 15 is 0 Å². The summed E-state index contributed by atoms with van der Waals surface area (Å²) in [5.74, 6) is 2.28. The summed E-state index contributed by atoms with van der Waals surface area (Å²) in [6, 6.07) is 8.77. The molecule has 2 aromatic carbocycles. The molecule has 0 amide bonds. The number of ether oxygens (including phenoxy) is 1. The predicted octanol–water partition coefficient (Wildman–Crippen LogP) is 5.89. The van der Waals surface area contributed by atoms with Crippen molar-refractivity contribution in [3.05, 3.63) is 59.0 Å². The number of aromatic amines is 1. The zero-order valence-electron chi connectivity index (χ0n) is 18.4. The van der Waals surface area contributed by atoms with E-state index in [9.17, 15) is 4.39 Å². The molecule has 162 valence electrons. The maximum absolute atomic E-state index is 14.0. The largest absolute Gasteiger partial charge is 0.496 e. The quantitative estimate of drug-likeness (QED) is 0.369. The lowest BCUT2D eigenvalue weighted by molar-refractivity contribution is 0.393. The number of anilines is 2. The van der Waals surface area contributed by atoms with Crippen LogP contribution < -0.4 is 10.1 Å². The summed E-state index contributed by atoms with van der Waals surface area (Å²) in [6.45, 7) is 7.45. The van der Waals surface area contributed by atoms with Gasteiger partial charge in [0.2, 0.25) is 0 Å². The third kappa shape index (κ3) is 3.24. The minimum Gasteiger partial charge on any atom is -0.496 e. The minimum absolute atomic E-state index is 0.306. The second-order valence-electron chi connectivity index (χ2n) is 7.91. The molecular formula is C24H22FN5O2. The number of rotatable bonds is 4. The Morgan fingerprint density at radius 1 is 1.03 bits per heavy atom. The summed E-state index contributed by atoms with van der Waals surface area (Å²) in [6.07, 6.45) is 0. The topological polar surface area (TPSA) is 88.9 Å². The Hall–Kier alpha value is -3.94. The van der Waals surface area contributed by atoms with E-state index in [0.29, 0.717) is 28.7 Å². The lowest BCUT2D eigenvalue weighted by Crippen LogP contribution is -1.99. The maximum Gasteiger partial charge on any atom is 0.144 e. The summed E-state index contributed by atoms with van der Waals surface area (Å²) in [5, 5.41) is 9.04. The number of aromatic nitrogens is 4. The standard InChI is InChI=1S/C24H22FN5O2/c1-11-6-15(25)8-16(7-11)28-23-22-17-10-20(31-5)18(21-12(2)30-32-13(21)3)9-19(17)29-24(22)27-14(4)26-23/h6-10H,1-5H3,(H2,26,27,28,29). The Morgan fingerprint density at radius 3 is 2.53 bits per heavy atom. The van der Waals surface area contributed by atoms with Crippen molar-refractivity contribution >= 4 is 33.4 Å². The molecule has 0 fully saturated rings. The minimum atomic E-state index is -0.306. The van der Waals surface area contributed by atoms with E-state index in [0.717, 1.165) is 44.4 Å². The second kappa shape index (κ2) is 7.33. The number of methoxy groups -OCH3 is 1. The van der Waals surface area contributed by atoms with Crippen LogP contribution >= 0.6 is 0 Å². The predicted molar refractivity (Wildman–Crippen MR) is 122 cm³/mol. The molecule has 0 aliphatic rings. The molecule has 8 heteroatoms. The molecule has 0 aliphatic heterocycles. The van der Waals surface area contributed by atoms with Crippen molar-refractivity contribution in [2.24, 2.45) is 0 Å². The number of hydrogen-bond donors (Lipinski definition) is 2. The average molecular weight is 431 g/mol. The number of hydrogen-bond acceptors (Lipinski definition) is 6. The first-order valence-corrected chi connectivity index (χ1v) is 10.2. The van der Waals surface area contributed by atoms with E-state index < -0.39 is 0 Å². The van der Waals surface area contributed by atoms with Gasteiger partial charge in [0.25, 0.3) is 0 Å². The first-order valence-electron chi connectivity index (χ1n) is 10.2. The van der Waals surface area contributed by atoms with E-state index in [4.69, 9.17) is 9.26 Å². The van der Waals surface area contributed by atoms with Gasteiger partial charge in [-0.15, -0.1) is 0 Å². The molecule has 32 heavy (non-hydrogen) atoms. The number of H-pyrrole nitrogens is 1. The van der Waals surface area contributed by atoms with Crippen molar-refractivity contribution < 1.29 is 13.7 Å². The molecule has 5 rings (SSSR count). The molecule has 2 N–H and O–H groups in total. The van der Waals surface area contributed by atoms with Crippen LogP contribution in [0.4, 0.5) is 15.9 Å². The van der Waals surface area contributed by atoms with Gasteiger partial charge in [-0.05, 0) is 63.6 Å². The van der Waals surface area contributed by atoms with Crippen LogP contribution in [0.25, 0.3) is 33.1 Å². The Labute approximate surface area is 183 Å². The first kappa shape index (κ1) is 20.0. The summed E-state index contributed by atoms with van der Waals surface area (Å²) in [5.41, 5.74) is 5.56. The Balaban J connectivity index is 1.75. The van der Waals surface area contributed by atoms with Crippen LogP contribution in [-0.2, 0) is 0 Å². The lowest BCUT2D eigenvalue weighted by Gasteiger charge is -2.11. The highest BCUT2D eigenvalue weighted by molar-refractivity contribution is 6.13. The van der Waals surface area contributed by atoms with Crippen molar-refractivity contribution in [1.29, 1.82) is 0 Å². The molecule has 5 aromatic rings. The van der Waals surface area contributed by atoms with Crippen molar-refractivity contribution in [3.63, 3.8) is 0 Å². The van der Waals surface area contributed by atoms with Gasteiger partial charge in [-0.1, -0.05) is 5.16 Å². The Bertz CT molecular complexity index is 1460. The van der Waals surface area contributed by atoms with Gasteiger partial charge in [-0.25, -0.2) is 14.4 Å². The number of fused-ring (bicyclic) bond motifs is 3. The van der Waals surface area contributed by atoms with Crippen LogP contribution in [0.3, 0.4) is 0 Å². The van der Waals surface area contributed by atoms with E-state index in [-0.39, 0.29) is 5.82 Å². The van der Waals surface area contributed by atoms with E-state index in [1.807, 2.05) is 45.9 Å². The van der Waals surface area contributed by atoms with Gasteiger partial charge in [-0.3, -0.25) is 0 Å². The summed E-state index contributed by atoms with van der Waals surface area (Å²) in [4.78, 5) is 12.6. The van der Waals surface area contributed by atoms with Gasteiger partial charge in [0, 0.05) is 22.2 Å². The molecule has 0 atom stereocenters.